The summed E-state index contributed by atoms with van der Waals surface area (Å²) in [6.45, 7) is 5.29. The second kappa shape index (κ2) is 7.25. The highest BCUT2D eigenvalue weighted by atomic mass is 16.3. The van der Waals surface area contributed by atoms with Gasteiger partial charge in [-0.15, -0.1) is 0 Å². The fourth-order valence-electron chi connectivity index (χ4n) is 3.41. The van der Waals surface area contributed by atoms with Gasteiger partial charge in [-0.3, -0.25) is 4.79 Å². The SMILES string of the molecule is CC1CCCNC1CC(=O)N1CCCC(CCO)C1. The van der Waals surface area contributed by atoms with Crippen LogP contribution < -0.4 is 5.32 Å². The summed E-state index contributed by atoms with van der Waals surface area (Å²) in [4.78, 5) is 14.4. The Morgan fingerprint density at radius 1 is 1.37 bits per heavy atom. The number of likely N-dealkylation sites (tertiary alicyclic amines) is 1. The summed E-state index contributed by atoms with van der Waals surface area (Å²) in [5.41, 5.74) is 0. The molecule has 0 aromatic carbocycles. The molecule has 0 radical (unpaired) electrons. The van der Waals surface area contributed by atoms with Crippen molar-refractivity contribution in [2.45, 2.75) is 51.5 Å². The maximum Gasteiger partial charge on any atom is 0.224 e. The molecule has 2 fully saturated rings. The smallest absolute Gasteiger partial charge is 0.224 e. The fourth-order valence-corrected chi connectivity index (χ4v) is 3.41. The maximum atomic E-state index is 12.4. The number of rotatable bonds is 4. The molecule has 4 nitrogen and oxygen atoms in total. The van der Waals surface area contributed by atoms with Crippen LogP contribution in [0.5, 0.6) is 0 Å². The Bertz CT molecular complexity index is 294. The first-order valence-electron chi connectivity index (χ1n) is 7.82. The van der Waals surface area contributed by atoms with Gasteiger partial charge in [0.1, 0.15) is 0 Å². The number of hydrogen-bond donors (Lipinski definition) is 2. The van der Waals surface area contributed by atoms with Gasteiger partial charge in [0, 0.05) is 32.2 Å². The normalized spacial score (nSPS) is 32.3. The van der Waals surface area contributed by atoms with Crippen LogP contribution in [0.15, 0.2) is 0 Å². The minimum absolute atomic E-state index is 0.244. The summed E-state index contributed by atoms with van der Waals surface area (Å²) in [6.07, 6.45) is 6.19. The molecule has 2 N–H and O–H groups in total. The van der Waals surface area contributed by atoms with Crippen molar-refractivity contribution in [3.63, 3.8) is 0 Å². The molecule has 0 aromatic heterocycles. The number of aliphatic hydroxyl groups excluding tert-OH is 1. The number of piperidine rings is 2. The monoisotopic (exact) mass is 268 g/mol. The summed E-state index contributed by atoms with van der Waals surface area (Å²) >= 11 is 0. The molecular weight excluding hydrogens is 240 g/mol. The van der Waals surface area contributed by atoms with Gasteiger partial charge in [-0.25, -0.2) is 0 Å². The maximum absolute atomic E-state index is 12.4. The molecule has 110 valence electrons. The molecule has 0 saturated carbocycles. The molecular formula is C15H28N2O2. The number of carbonyl (C=O) groups is 1. The molecule has 0 aliphatic carbocycles. The number of nitrogens with one attached hydrogen (secondary N) is 1. The lowest BCUT2D eigenvalue weighted by atomic mass is 9.89. The van der Waals surface area contributed by atoms with Crippen molar-refractivity contribution in [1.29, 1.82) is 0 Å². The lowest BCUT2D eigenvalue weighted by Gasteiger charge is -2.35. The third-order valence-corrected chi connectivity index (χ3v) is 4.73. The number of hydrogen-bond acceptors (Lipinski definition) is 3. The Morgan fingerprint density at radius 3 is 2.95 bits per heavy atom. The Kier molecular flexibility index (Phi) is 5.64. The highest BCUT2D eigenvalue weighted by Crippen LogP contribution is 2.22. The molecule has 3 atom stereocenters. The van der Waals surface area contributed by atoms with Crippen LogP contribution >= 0.6 is 0 Å². The number of aliphatic hydroxyl groups is 1. The first-order valence-corrected chi connectivity index (χ1v) is 7.82. The average Bonchev–Trinajstić information content (AvgIpc) is 2.42. The van der Waals surface area contributed by atoms with Gasteiger partial charge < -0.3 is 15.3 Å². The fraction of sp³-hybridized carbons (Fsp3) is 0.933. The topological polar surface area (TPSA) is 52.6 Å². The van der Waals surface area contributed by atoms with Crippen LogP contribution in [0.4, 0.5) is 0 Å². The van der Waals surface area contributed by atoms with E-state index in [1.54, 1.807) is 0 Å². The van der Waals surface area contributed by atoms with Gasteiger partial charge in [0.15, 0.2) is 0 Å². The molecule has 19 heavy (non-hydrogen) atoms. The molecule has 2 heterocycles. The summed E-state index contributed by atoms with van der Waals surface area (Å²) < 4.78 is 0. The molecule has 2 rings (SSSR count). The minimum atomic E-state index is 0.244. The van der Waals surface area contributed by atoms with E-state index in [1.807, 2.05) is 4.90 Å². The van der Waals surface area contributed by atoms with Crippen molar-refractivity contribution in [2.24, 2.45) is 11.8 Å². The first kappa shape index (κ1) is 14.8. The second-order valence-electron chi connectivity index (χ2n) is 6.24. The van der Waals surface area contributed by atoms with E-state index in [1.165, 1.54) is 12.8 Å². The van der Waals surface area contributed by atoms with Crippen molar-refractivity contribution in [3.8, 4) is 0 Å². The molecule has 4 heteroatoms. The van der Waals surface area contributed by atoms with Gasteiger partial charge in [-0.1, -0.05) is 6.92 Å². The summed E-state index contributed by atoms with van der Waals surface area (Å²) in [5.74, 6) is 1.41. The van der Waals surface area contributed by atoms with Crippen molar-refractivity contribution < 1.29 is 9.90 Å². The van der Waals surface area contributed by atoms with E-state index < -0.39 is 0 Å². The van der Waals surface area contributed by atoms with Crippen molar-refractivity contribution in [2.75, 3.05) is 26.2 Å². The summed E-state index contributed by atoms with van der Waals surface area (Å²) in [7, 11) is 0. The number of amides is 1. The van der Waals surface area contributed by atoms with Gasteiger partial charge in [0.2, 0.25) is 5.91 Å². The van der Waals surface area contributed by atoms with E-state index >= 15 is 0 Å². The van der Waals surface area contributed by atoms with Crippen LogP contribution in [0.1, 0.15) is 45.4 Å². The van der Waals surface area contributed by atoms with Gasteiger partial charge in [-0.2, -0.15) is 0 Å². The van der Waals surface area contributed by atoms with E-state index in [0.717, 1.165) is 38.9 Å². The van der Waals surface area contributed by atoms with Crippen LogP contribution in [0.25, 0.3) is 0 Å². The van der Waals surface area contributed by atoms with Crippen LogP contribution in [-0.2, 0) is 4.79 Å². The van der Waals surface area contributed by atoms with Crippen molar-refractivity contribution in [1.82, 2.24) is 10.2 Å². The van der Waals surface area contributed by atoms with Gasteiger partial charge in [-0.05, 0) is 50.5 Å². The molecule has 2 aliphatic rings. The molecule has 2 aliphatic heterocycles. The zero-order chi connectivity index (χ0) is 13.7. The number of nitrogens with zero attached hydrogens (tertiary/aromatic N) is 1. The van der Waals surface area contributed by atoms with Crippen LogP contribution in [-0.4, -0.2) is 48.2 Å². The zero-order valence-electron chi connectivity index (χ0n) is 12.1. The third kappa shape index (κ3) is 4.18. The Morgan fingerprint density at radius 2 is 2.21 bits per heavy atom. The van der Waals surface area contributed by atoms with E-state index in [-0.39, 0.29) is 6.61 Å². The van der Waals surface area contributed by atoms with Gasteiger partial charge in [0.25, 0.3) is 0 Å². The largest absolute Gasteiger partial charge is 0.396 e. The van der Waals surface area contributed by atoms with Gasteiger partial charge >= 0.3 is 0 Å². The first-order chi connectivity index (χ1) is 9.20. The molecule has 3 unspecified atom stereocenters. The summed E-state index contributed by atoms with van der Waals surface area (Å²) in [6, 6.07) is 0.361. The predicted octanol–water partition coefficient (Wildman–Crippen LogP) is 1.39. The Hall–Kier alpha value is -0.610. The minimum Gasteiger partial charge on any atom is -0.396 e. The highest BCUT2D eigenvalue weighted by molar-refractivity contribution is 5.77. The molecule has 2 saturated heterocycles. The Balaban J connectivity index is 1.81. The lowest BCUT2D eigenvalue weighted by molar-refractivity contribution is -0.134. The number of carbonyl (C=O) groups excluding carboxylic acids is 1. The second-order valence-corrected chi connectivity index (χ2v) is 6.24. The van der Waals surface area contributed by atoms with Crippen LogP contribution in [0.3, 0.4) is 0 Å². The highest BCUT2D eigenvalue weighted by Gasteiger charge is 2.28. The molecule has 0 spiro atoms. The van der Waals surface area contributed by atoms with Gasteiger partial charge in [0.05, 0.1) is 0 Å². The van der Waals surface area contributed by atoms with Crippen LogP contribution in [0.2, 0.25) is 0 Å². The van der Waals surface area contributed by atoms with Crippen LogP contribution in [0, 0.1) is 11.8 Å². The zero-order valence-corrected chi connectivity index (χ0v) is 12.1. The molecule has 0 bridgehead atoms. The quantitative estimate of drug-likeness (QED) is 0.810. The van der Waals surface area contributed by atoms with E-state index in [2.05, 4.69) is 12.2 Å². The molecule has 1 amide bonds. The third-order valence-electron chi connectivity index (χ3n) is 4.73. The molecule has 0 aromatic rings. The van der Waals surface area contributed by atoms with Crippen molar-refractivity contribution >= 4 is 5.91 Å². The van der Waals surface area contributed by atoms with E-state index in [9.17, 15) is 4.79 Å². The van der Waals surface area contributed by atoms with Crippen molar-refractivity contribution in [3.05, 3.63) is 0 Å². The predicted molar refractivity (Wildman–Crippen MR) is 75.8 cm³/mol. The van der Waals surface area contributed by atoms with E-state index in [4.69, 9.17) is 5.11 Å². The van der Waals surface area contributed by atoms with E-state index in [0.29, 0.717) is 30.2 Å². The standard InChI is InChI=1S/C15H28N2O2/c1-12-4-2-7-16-14(12)10-15(19)17-8-3-5-13(11-17)6-9-18/h12-14,16,18H,2-11H2,1H3. The summed E-state index contributed by atoms with van der Waals surface area (Å²) in [5, 5.41) is 12.5. The lowest BCUT2D eigenvalue weighted by Crippen LogP contribution is -2.46. The average molecular weight is 268 g/mol. The Labute approximate surface area is 116 Å².